The standard InChI is InChI=1S/C14H14N2O3.ClH/c1-9-7-10(2)16(14(19)15-9)12-5-3-11(4-6-12)8-13(17)18;/h3-7H,8H2,1-2H3,(H,17,18);1H. The van der Waals surface area contributed by atoms with Crippen molar-refractivity contribution < 1.29 is 9.90 Å². The molecule has 6 heteroatoms. The van der Waals surface area contributed by atoms with Gasteiger partial charge in [-0.3, -0.25) is 9.36 Å². The normalized spacial score (nSPS) is 9.90. The lowest BCUT2D eigenvalue weighted by Crippen LogP contribution is -2.24. The first-order valence-electron chi connectivity index (χ1n) is 5.86. The van der Waals surface area contributed by atoms with Gasteiger partial charge in [-0.1, -0.05) is 12.1 Å². The average molecular weight is 295 g/mol. The molecule has 2 aromatic rings. The number of aromatic nitrogens is 2. The Labute approximate surface area is 122 Å². The van der Waals surface area contributed by atoms with Gasteiger partial charge in [0, 0.05) is 11.4 Å². The molecular weight excluding hydrogens is 280 g/mol. The zero-order chi connectivity index (χ0) is 14.0. The van der Waals surface area contributed by atoms with Crippen LogP contribution in [0.5, 0.6) is 0 Å². The second-order valence-corrected chi connectivity index (χ2v) is 4.39. The summed E-state index contributed by atoms with van der Waals surface area (Å²) < 4.78 is 1.50. The smallest absolute Gasteiger partial charge is 0.352 e. The molecule has 0 amide bonds. The Bertz CT molecular complexity index is 678. The van der Waals surface area contributed by atoms with Crippen molar-refractivity contribution in [3.63, 3.8) is 0 Å². The van der Waals surface area contributed by atoms with Gasteiger partial charge in [0.1, 0.15) is 0 Å². The van der Waals surface area contributed by atoms with Crippen molar-refractivity contribution in [1.82, 2.24) is 9.55 Å². The first-order chi connectivity index (χ1) is 8.97. The summed E-state index contributed by atoms with van der Waals surface area (Å²) in [5.41, 5.74) is 2.53. The van der Waals surface area contributed by atoms with Gasteiger partial charge >= 0.3 is 11.7 Å². The number of hydrogen-bond donors (Lipinski definition) is 1. The van der Waals surface area contributed by atoms with Crippen LogP contribution in [0.1, 0.15) is 17.0 Å². The predicted octanol–water partition coefficient (Wildman–Crippen LogP) is 1.90. The van der Waals surface area contributed by atoms with Crippen LogP contribution in [0.15, 0.2) is 35.1 Å². The van der Waals surface area contributed by atoms with Gasteiger partial charge in [0.2, 0.25) is 0 Å². The van der Waals surface area contributed by atoms with Crippen molar-refractivity contribution in [1.29, 1.82) is 0 Å². The molecule has 106 valence electrons. The topological polar surface area (TPSA) is 72.2 Å². The second kappa shape index (κ2) is 6.34. The van der Waals surface area contributed by atoms with Gasteiger partial charge in [-0.15, -0.1) is 12.4 Å². The second-order valence-electron chi connectivity index (χ2n) is 4.39. The van der Waals surface area contributed by atoms with E-state index >= 15 is 0 Å². The number of carboxylic acid groups (broad SMARTS) is 1. The van der Waals surface area contributed by atoms with E-state index < -0.39 is 5.97 Å². The summed E-state index contributed by atoms with van der Waals surface area (Å²) in [6.07, 6.45) is -0.0275. The van der Waals surface area contributed by atoms with E-state index in [1.54, 1.807) is 31.2 Å². The molecule has 0 radical (unpaired) electrons. The Balaban J connectivity index is 0.00000200. The molecule has 0 saturated carbocycles. The molecule has 0 atom stereocenters. The first-order valence-corrected chi connectivity index (χ1v) is 5.86. The molecule has 0 fully saturated rings. The van der Waals surface area contributed by atoms with E-state index in [1.807, 2.05) is 13.0 Å². The molecule has 5 nitrogen and oxygen atoms in total. The molecule has 0 aliphatic carbocycles. The monoisotopic (exact) mass is 294 g/mol. The van der Waals surface area contributed by atoms with Gasteiger partial charge in [-0.25, -0.2) is 4.79 Å². The van der Waals surface area contributed by atoms with Crippen LogP contribution in [0.4, 0.5) is 0 Å². The Hall–Kier alpha value is -2.14. The van der Waals surface area contributed by atoms with E-state index in [-0.39, 0.29) is 24.5 Å². The number of hydrogen-bond acceptors (Lipinski definition) is 3. The number of halogens is 1. The third-order valence-electron chi connectivity index (χ3n) is 2.78. The SMILES string of the molecule is Cc1cc(C)n(-c2ccc(CC(=O)O)cc2)c(=O)n1.Cl. The van der Waals surface area contributed by atoms with Crippen LogP contribution in [0, 0.1) is 13.8 Å². The fraction of sp³-hybridized carbons (Fsp3) is 0.214. The van der Waals surface area contributed by atoms with Gasteiger partial charge in [-0.05, 0) is 37.6 Å². The van der Waals surface area contributed by atoms with Crippen molar-refractivity contribution in [2.75, 3.05) is 0 Å². The summed E-state index contributed by atoms with van der Waals surface area (Å²) in [6, 6.07) is 8.68. The van der Waals surface area contributed by atoms with E-state index in [9.17, 15) is 9.59 Å². The number of aryl methyl sites for hydroxylation is 2. The van der Waals surface area contributed by atoms with Gasteiger partial charge in [0.15, 0.2) is 0 Å². The van der Waals surface area contributed by atoms with Gasteiger partial charge in [0.05, 0.1) is 12.1 Å². The Morgan fingerprint density at radius 2 is 1.85 bits per heavy atom. The minimum atomic E-state index is -0.877. The fourth-order valence-corrected chi connectivity index (χ4v) is 2.00. The van der Waals surface area contributed by atoms with Crippen LogP contribution in [0.25, 0.3) is 5.69 Å². The fourth-order valence-electron chi connectivity index (χ4n) is 2.00. The lowest BCUT2D eigenvalue weighted by atomic mass is 10.1. The van der Waals surface area contributed by atoms with Crippen molar-refractivity contribution in [3.05, 3.63) is 57.8 Å². The van der Waals surface area contributed by atoms with Crippen molar-refractivity contribution in [3.8, 4) is 5.69 Å². The summed E-state index contributed by atoms with van der Waals surface area (Å²) in [5, 5.41) is 8.71. The molecular formula is C14H15ClN2O3. The molecule has 1 N–H and O–H groups in total. The molecule has 0 bridgehead atoms. The highest BCUT2D eigenvalue weighted by molar-refractivity contribution is 5.85. The molecule has 2 rings (SSSR count). The molecule has 0 saturated heterocycles. The number of benzene rings is 1. The summed E-state index contributed by atoms with van der Waals surface area (Å²) in [4.78, 5) is 26.4. The van der Waals surface area contributed by atoms with Crippen LogP contribution >= 0.6 is 12.4 Å². The minimum absolute atomic E-state index is 0. The summed E-state index contributed by atoms with van der Waals surface area (Å²) in [5.74, 6) is -0.877. The lowest BCUT2D eigenvalue weighted by Gasteiger charge is -2.10. The molecule has 0 aliphatic heterocycles. The highest BCUT2D eigenvalue weighted by Gasteiger charge is 2.06. The maximum absolute atomic E-state index is 11.9. The summed E-state index contributed by atoms with van der Waals surface area (Å²) in [6.45, 7) is 3.61. The molecule has 1 aromatic carbocycles. The summed E-state index contributed by atoms with van der Waals surface area (Å²) in [7, 11) is 0. The first kappa shape index (κ1) is 15.9. The number of aliphatic carboxylic acids is 1. The van der Waals surface area contributed by atoms with Crippen LogP contribution in [-0.4, -0.2) is 20.6 Å². The molecule has 0 unspecified atom stereocenters. The van der Waals surface area contributed by atoms with E-state index in [0.29, 0.717) is 16.9 Å². The van der Waals surface area contributed by atoms with Gasteiger partial charge in [0.25, 0.3) is 0 Å². The Kier molecular flexibility index (Phi) is 5.05. The van der Waals surface area contributed by atoms with Crippen LogP contribution in [-0.2, 0) is 11.2 Å². The minimum Gasteiger partial charge on any atom is -0.481 e. The highest BCUT2D eigenvalue weighted by atomic mass is 35.5. The van der Waals surface area contributed by atoms with E-state index in [1.165, 1.54) is 4.57 Å². The third-order valence-corrected chi connectivity index (χ3v) is 2.78. The van der Waals surface area contributed by atoms with Gasteiger partial charge in [-0.2, -0.15) is 4.98 Å². The average Bonchev–Trinajstić information content (AvgIpc) is 2.29. The highest BCUT2D eigenvalue weighted by Crippen LogP contribution is 2.11. The Morgan fingerprint density at radius 3 is 2.35 bits per heavy atom. The molecule has 0 spiro atoms. The maximum atomic E-state index is 11.9. The zero-order valence-electron chi connectivity index (χ0n) is 11.2. The summed E-state index contributed by atoms with van der Waals surface area (Å²) >= 11 is 0. The molecule has 20 heavy (non-hydrogen) atoms. The number of carbonyl (C=O) groups is 1. The van der Waals surface area contributed by atoms with E-state index in [4.69, 9.17) is 5.11 Å². The maximum Gasteiger partial charge on any atom is 0.352 e. The van der Waals surface area contributed by atoms with Crippen molar-refractivity contribution in [2.45, 2.75) is 20.3 Å². The molecule has 1 aromatic heterocycles. The van der Waals surface area contributed by atoms with E-state index in [0.717, 1.165) is 5.69 Å². The Morgan fingerprint density at radius 1 is 1.25 bits per heavy atom. The van der Waals surface area contributed by atoms with Crippen molar-refractivity contribution in [2.24, 2.45) is 0 Å². The molecule has 1 heterocycles. The number of nitrogens with zero attached hydrogens (tertiary/aromatic N) is 2. The zero-order valence-corrected chi connectivity index (χ0v) is 12.0. The van der Waals surface area contributed by atoms with Crippen molar-refractivity contribution >= 4 is 18.4 Å². The lowest BCUT2D eigenvalue weighted by molar-refractivity contribution is -0.136. The number of carboxylic acids is 1. The van der Waals surface area contributed by atoms with Gasteiger partial charge < -0.3 is 5.11 Å². The van der Waals surface area contributed by atoms with E-state index in [2.05, 4.69) is 4.98 Å². The molecule has 0 aliphatic rings. The van der Waals surface area contributed by atoms with Crippen LogP contribution in [0.2, 0.25) is 0 Å². The van der Waals surface area contributed by atoms with Crippen LogP contribution < -0.4 is 5.69 Å². The number of rotatable bonds is 3. The quantitative estimate of drug-likeness (QED) is 0.938. The predicted molar refractivity (Wildman–Crippen MR) is 77.9 cm³/mol. The third kappa shape index (κ3) is 3.45. The largest absolute Gasteiger partial charge is 0.481 e. The van der Waals surface area contributed by atoms with Crippen LogP contribution in [0.3, 0.4) is 0 Å².